The maximum atomic E-state index is 5.71. The Morgan fingerprint density at radius 2 is 2.36 bits per heavy atom. The second kappa shape index (κ2) is 3.86. The van der Waals surface area contributed by atoms with E-state index >= 15 is 0 Å². The number of rotatable bonds is 3. The third kappa shape index (κ3) is 1.97. The summed E-state index contributed by atoms with van der Waals surface area (Å²) in [6.07, 6.45) is 4.24. The molecule has 0 aliphatic heterocycles. The molecule has 2 rings (SSSR count). The van der Waals surface area contributed by atoms with Gasteiger partial charge in [0.05, 0.1) is 12.3 Å². The molecule has 0 aromatic carbocycles. The molecule has 1 fully saturated rings. The fraction of sp³-hybridized carbons (Fsp3) is 0.545. The van der Waals surface area contributed by atoms with E-state index in [0.29, 0.717) is 17.5 Å². The van der Waals surface area contributed by atoms with Gasteiger partial charge in [0.2, 0.25) is 5.88 Å². The first-order valence-corrected chi connectivity index (χ1v) is 5.09. The zero-order valence-electron chi connectivity index (χ0n) is 8.44. The number of nitrogen functional groups attached to an aromatic ring is 1. The van der Waals surface area contributed by atoms with E-state index in [2.05, 4.69) is 11.9 Å². The monoisotopic (exact) mass is 192 g/mol. The Hall–Kier alpha value is -1.25. The number of hydrogen-bond donors (Lipinski definition) is 1. The topological polar surface area (TPSA) is 48.1 Å². The van der Waals surface area contributed by atoms with Gasteiger partial charge in [-0.1, -0.05) is 6.92 Å². The average molecular weight is 192 g/mol. The fourth-order valence-electron chi connectivity index (χ4n) is 1.93. The van der Waals surface area contributed by atoms with Crippen LogP contribution in [-0.2, 0) is 0 Å². The van der Waals surface area contributed by atoms with Crippen LogP contribution in [0.5, 0.6) is 5.88 Å². The van der Waals surface area contributed by atoms with Crippen LogP contribution in [0.25, 0.3) is 0 Å². The molecule has 0 bridgehead atoms. The van der Waals surface area contributed by atoms with Crippen molar-refractivity contribution in [3.63, 3.8) is 0 Å². The number of pyridine rings is 1. The van der Waals surface area contributed by atoms with E-state index in [4.69, 9.17) is 10.5 Å². The smallest absolute Gasteiger partial charge is 0.237 e. The lowest BCUT2D eigenvalue weighted by molar-refractivity contribution is 0.128. The number of aromatic nitrogens is 1. The molecule has 0 saturated heterocycles. The van der Waals surface area contributed by atoms with Crippen molar-refractivity contribution < 1.29 is 4.74 Å². The maximum Gasteiger partial charge on any atom is 0.237 e. The Bertz CT molecular complexity index is 308. The van der Waals surface area contributed by atoms with Crippen molar-refractivity contribution in [2.75, 3.05) is 12.3 Å². The summed E-state index contributed by atoms with van der Waals surface area (Å²) in [6.45, 7) is 3.02. The van der Waals surface area contributed by atoms with Crippen LogP contribution in [-0.4, -0.2) is 11.6 Å². The molecule has 1 aliphatic rings. The molecule has 1 heterocycles. The highest BCUT2D eigenvalue weighted by atomic mass is 16.5. The van der Waals surface area contributed by atoms with Gasteiger partial charge < -0.3 is 10.5 Å². The first-order chi connectivity index (χ1) is 6.75. The van der Waals surface area contributed by atoms with Gasteiger partial charge in [-0.15, -0.1) is 0 Å². The summed E-state index contributed by atoms with van der Waals surface area (Å²) in [5.41, 5.74) is 6.33. The summed E-state index contributed by atoms with van der Waals surface area (Å²) in [5, 5.41) is 0. The van der Waals surface area contributed by atoms with E-state index in [-0.39, 0.29) is 0 Å². The number of anilines is 1. The van der Waals surface area contributed by atoms with Gasteiger partial charge in [0.25, 0.3) is 0 Å². The normalized spacial score (nSPS) is 25.5. The first kappa shape index (κ1) is 9.31. The lowest BCUT2D eigenvalue weighted by Gasteiger charge is -2.32. The van der Waals surface area contributed by atoms with Crippen molar-refractivity contribution in [3.05, 3.63) is 18.3 Å². The molecule has 0 unspecified atom stereocenters. The summed E-state index contributed by atoms with van der Waals surface area (Å²) >= 11 is 0. The van der Waals surface area contributed by atoms with Crippen LogP contribution in [0.2, 0.25) is 0 Å². The number of nitrogens with two attached hydrogens (primary N) is 1. The van der Waals surface area contributed by atoms with Crippen LogP contribution in [0, 0.1) is 11.8 Å². The van der Waals surface area contributed by atoms with Gasteiger partial charge >= 0.3 is 0 Å². The molecule has 2 N–H and O–H groups in total. The number of ether oxygens (including phenoxy) is 1. The molecular weight excluding hydrogens is 176 g/mol. The molecule has 3 heteroatoms. The van der Waals surface area contributed by atoms with Gasteiger partial charge in [0, 0.05) is 6.20 Å². The molecule has 3 nitrogen and oxygen atoms in total. The van der Waals surface area contributed by atoms with Crippen LogP contribution in [0.4, 0.5) is 5.69 Å². The lowest BCUT2D eigenvalue weighted by atomic mass is 9.77. The van der Waals surface area contributed by atoms with E-state index in [1.54, 1.807) is 6.20 Å². The second-order valence-electron chi connectivity index (χ2n) is 4.15. The standard InChI is InChI=1S/C11H16N2O/c1-8-5-9(6-8)7-14-11-10(12)3-2-4-13-11/h2-4,8-9H,5-7,12H2,1H3. The van der Waals surface area contributed by atoms with Crippen LogP contribution in [0.3, 0.4) is 0 Å². The van der Waals surface area contributed by atoms with E-state index in [0.717, 1.165) is 12.5 Å². The van der Waals surface area contributed by atoms with E-state index < -0.39 is 0 Å². The van der Waals surface area contributed by atoms with Crippen molar-refractivity contribution in [1.29, 1.82) is 0 Å². The number of nitrogens with zero attached hydrogens (tertiary/aromatic N) is 1. The minimum absolute atomic E-state index is 0.576. The number of hydrogen-bond acceptors (Lipinski definition) is 3. The third-order valence-electron chi connectivity index (χ3n) is 2.73. The van der Waals surface area contributed by atoms with Gasteiger partial charge in [-0.25, -0.2) is 4.98 Å². The van der Waals surface area contributed by atoms with Crippen LogP contribution in [0.15, 0.2) is 18.3 Å². The van der Waals surface area contributed by atoms with Gasteiger partial charge in [0.15, 0.2) is 0 Å². The largest absolute Gasteiger partial charge is 0.476 e. The van der Waals surface area contributed by atoms with E-state index in [1.165, 1.54) is 12.8 Å². The van der Waals surface area contributed by atoms with Crippen LogP contribution in [0.1, 0.15) is 19.8 Å². The van der Waals surface area contributed by atoms with Gasteiger partial charge in [-0.2, -0.15) is 0 Å². The zero-order chi connectivity index (χ0) is 9.97. The summed E-state index contributed by atoms with van der Waals surface area (Å²) in [5.74, 6) is 2.14. The average Bonchev–Trinajstić information content (AvgIpc) is 2.13. The van der Waals surface area contributed by atoms with Crippen molar-refractivity contribution in [3.8, 4) is 5.88 Å². The minimum atomic E-state index is 0.576. The molecular formula is C11H16N2O. The molecule has 76 valence electrons. The van der Waals surface area contributed by atoms with Crippen LogP contribution < -0.4 is 10.5 Å². The summed E-state index contributed by atoms with van der Waals surface area (Å²) in [4.78, 5) is 4.08. The molecule has 0 amide bonds. The van der Waals surface area contributed by atoms with Gasteiger partial charge in [-0.05, 0) is 36.8 Å². The highest BCUT2D eigenvalue weighted by Gasteiger charge is 2.25. The highest BCUT2D eigenvalue weighted by molar-refractivity contribution is 5.46. The Labute approximate surface area is 84.3 Å². The lowest BCUT2D eigenvalue weighted by Crippen LogP contribution is -2.26. The van der Waals surface area contributed by atoms with E-state index in [1.807, 2.05) is 12.1 Å². The van der Waals surface area contributed by atoms with Crippen molar-refractivity contribution in [2.24, 2.45) is 11.8 Å². The predicted octanol–water partition coefficient (Wildman–Crippen LogP) is 2.09. The predicted molar refractivity (Wildman–Crippen MR) is 56.0 cm³/mol. The third-order valence-corrected chi connectivity index (χ3v) is 2.73. The second-order valence-corrected chi connectivity index (χ2v) is 4.15. The zero-order valence-corrected chi connectivity index (χ0v) is 8.44. The maximum absolute atomic E-state index is 5.71. The molecule has 0 spiro atoms. The van der Waals surface area contributed by atoms with Crippen LogP contribution >= 0.6 is 0 Å². The molecule has 0 atom stereocenters. The summed E-state index contributed by atoms with van der Waals surface area (Å²) in [7, 11) is 0. The van der Waals surface area contributed by atoms with Crippen molar-refractivity contribution in [2.45, 2.75) is 19.8 Å². The van der Waals surface area contributed by atoms with Gasteiger partial charge in [0.1, 0.15) is 0 Å². The summed E-state index contributed by atoms with van der Waals surface area (Å²) in [6, 6.07) is 3.62. The van der Waals surface area contributed by atoms with E-state index in [9.17, 15) is 0 Å². The molecule has 1 aliphatic carbocycles. The Morgan fingerprint density at radius 3 is 3.00 bits per heavy atom. The Kier molecular flexibility index (Phi) is 2.57. The molecule has 1 saturated carbocycles. The minimum Gasteiger partial charge on any atom is -0.476 e. The van der Waals surface area contributed by atoms with Gasteiger partial charge in [-0.3, -0.25) is 0 Å². The molecule has 1 aromatic heterocycles. The Balaban J connectivity index is 1.83. The molecule has 14 heavy (non-hydrogen) atoms. The highest BCUT2D eigenvalue weighted by Crippen LogP contribution is 2.33. The molecule has 0 radical (unpaired) electrons. The fourth-order valence-corrected chi connectivity index (χ4v) is 1.93. The van der Waals surface area contributed by atoms with Crippen molar-refractivity contribution in [1.82, 2.24) is 4.98 Å². The molecule has 1 aromatic rings. The summed E-state index contributed by atoms with van der Waals surface area (Å²) < 4.78 is 5.55. The quantitative estimate of drug-likeness (QED) is 0.797. The van der Waals surface area contributed by atoms with Crippen molar-refractivity contribution >= 4 is 5.69 Å². The Morgan fingerprint density at radius 1 is 1.57 bits per heavy atom. The first-order valence-electron chi connectivity index (χ1n) is 5.09. The SMILES string of the molecule is CC1CC(COc2ncccc2N)C1.